The zero-order valence-corrected chi connectivity index (χ0v) is 12.8. The van der Waals surface area contributed by atoms with Crippen LogP contribution in [0.15, 0.2) is 12.1 Å². The van der Waals surface area contributed by atoms with E-state index in [2.05, 4.69) is 11.8 Å². The minimum atomic E-state index is -0.308. The smallest absolute Gasteiger partial charge is 0.324 e. The summed E-state index contributed by atoms with van der Waals surface area (Å²) in [6, 6.07) is 4.44. The van der Waals surface area contributed by atoms with E-state index < -0.39 is 0 Å². The highest BCUT2D eigenvalue weighted by Gasteiger charge is 2.24. The molecule has 1 fully saturated rings. The summed E-state index contributed by atoms with van der Waals surface area (Å²) in [5.74, 6) is 0. The first-order valence-electron chi connectivity index (χ1n) is 7.33. The van der Waals surface area contributed by atoms with Gasteiger partial charge in [0.05, 0.1) is 4.92 Å². The Morgan fingerprint density at radius 1 is 1.40 bits per heavy atom. The first-order chi connectivity index (χ1) is 9.60. The minimum absolute atomic E-state index is 0.238. The summed E-state index contributed by atoms with van der Waals surface area (Å²) in [5.41, 5.74) is 5.97. The zero-order chi connectivity index (χ0) is 14.5. The fraction of sp³-hybridized carbons (Fsp3) is 0.714. The van der Waals surface area contributed by atoms with Crippen LogP contribution in [0.4, 0.5) is 5.00 Å². The van der Waals surface area contributed by atoms with Gasteiger partial charge in [0.15, 0.2) is 0 Å². The van der Waals surface area contributed by atoms with Gasteiger partial charge < -0.3 is 5.73 Å². The van der Waals surface area contributed by atoms with Gasteiger partial charge in [0.25, 0.3) is 0 Å². The van der Waals surface area contributed by atoms with Gasteiger partial charge in [-0.3, -0.25) is 15.0 Å². The molecule has 0 aromatic carbocycles. The molecule has 0 unspecified atom stereocenters. The Balaban J connectivity index is 1.99. The Morgan fingerprint density at radius 2 is 2.10 bits per heavy atom. The second-order valence-corrected chi connectivity index (χ2v) is 6.68. The van der Waals surface area contributed by atoms with Crippen molar-refractivity contribution >= 4 is 16.3 Å². The number of thiophene rings is 1. The standard InChI is InChI=1S/C14H23N3O2S/c1-2-9-16(12-5-3-11(15)4-6-12)10-13-7-8-14(20-13)17(18)19/h7-8,11-12H,2-6,9-10,15H2,1H3. The first-order valence-corrected chi connectivity index (χ1v) is 8.14. The van der Waals surface area contributed by atoms with Crippen LogP contribution in [-0.4, -0.2) is 28.5 Å². The molecule has 5 nitrogen and oxygen atoms in total. The summed E-state index contributed by atoms with van der Waals surface area (Å²) in [6.45, 7) is 4.05. The first kappa shape index (κ1) is 15.4. The Hall–Kier alpha value is -0.980. The number of rotatable bonds is 6. The predicted octanol–water partition coefficient (Wildman–Crippen LogP) is 3.14. The highest BCUT2D eigenvalue weighted by Crippen LogP contribution is 2.28. The van der Waals surface area contributed by atoms with Crippen LogP contribution < -0.4 is 5.73 Å². The summed E-state index contributed by atoms with van der Waals surface area (Å²) in [7, 11) is 0. The number of hydrogen-bond donors (Lipinski definition) is 1. The number of hydrogen-bond acceptors (Lipinski definition) is 5. The average molecular weight is 297 g/mol. The van der Waals surface area contributed by atoms with Crippen LogP contribution in [0.1, 0.15) is 43.9 Å². The summed E-state index contributed by atoms with van der Waals surface area (Å²) in [4.78, 5) is 14.0. The molecule has 20 heavy (non-hydrogen) atoms. The van der Waals surface area contributed by atoms with Crippen LogP contribution in [0.5, 0.6) is 0 Å². The quantitative estimate of drug-likeness (QED) is 0.646. The van der Waals surface area contributed by atoms with E-state index in [0.29, 0.717) is 12.1 Å². The fourth-order valence-corrected chi connectivity index (χ4v) is 3.74. The van der Waals surface area contributed by atoms with E-state index in [1.54, 1.807) is 6.07 Å². The second kappa shape index (κ2) is 7.15. The van der Waals surface area contributed by atoms with Gasteiger partial charge in [-0.15, -0.1) is 0 Å². The van der Waals surface area contributed by atoms with Crippen molar-refractivity contribution in [1.29, 1.82) is 0 Å². The van der Waals surface area contributed by atoms with Crippen molar-refractivity contribution in [2.24, 2.45) is 5.73 Å². The van der Waals surface area contributed by atoms with Gasteiger partial charge >= 0.3 is 5.00 Å². The van der Waals surface area contributed by atoms with Crippen molar-refractivity contribution in [3.63, 3.8) is 0 Å². The zero-order valence-electron chi connectivity index (χ0n) is 12.0. The molecule has 1 saturated carbocycles. The lowest BCUT2D eigenvalue weighted by Gasteiger charge is -2.35. The molecule has 1 aliphatic carbocycles. The molecular weight excluding hydrogens is 274 g/mol. The van der Waals surface area contributed by atoms with Crippen LogP contribution >= 0.6 is 11.3 Å². The summed E-state index contributed by atoms with van der Waals surface area (Å²) in [6.07, 6.45) is 5.59. The molecule has 0 bridgehead atoms. The van der Waals surface area contributed by atoms with E-state index in [0.717, 1.165) is 50.1 Å². The normalized spacial score (nSPS) is 23.1. The largest absolute Gasteiger partial charge is 0.328 e. The maximum absolute atomic E-state index is 10.8. The average Bonchev–Trinajstić information content (AvgIpc) is 2.88. The van der Waals surface area contributed by atoms with Crippen molar-refractivity contribution < 1.29 is 4.92 Å². The van der Waals surface area contributed by atoms with Gasteiger partial charge in [-0.05, 0) is 44.7 Å². The summed E-state index contributed by atoms with van der Waals surface area (Å²) in [5, 5.41) is 11.0. The lowest BCUT2D eigenvalue weighted by molar-refractivity contribution is -0.380. The van der Waals surface area contributed by atoms with Gasteiger partial charge in [-0.1, -0.05) is 18.3 Å². The van der Waals surface area contributed by atoms with E-state index in [9.17, 15) is 10.1 Å². The number of nitrogens with two attached hydrogens (primary N) is 1. The van der Waals surface area contributed by atoms with Gasteiger partial charge in [-0.2, -0.15) is 0 Å². The molecule has 0 spiro atoms. The fourth-order valence-electron chi connectivity index (χ4n) is 2.89. The number of nitrogens with zero attached hydrogens (tertiary/aromatic N) is 2. The molecule has 2 N–H and O–H groups in total. The predicted molar refractivity (Wildman–Crippen MR) is 81.9 cm³/mol. The van der Waals surface area contributed by atoms with E-state index in [-0.39, 0.29) is 9.92 Å². The summed E-state index contributed by atoms with van der Waals surface area (Å²) < 4.78 is 0. The highest BCUT2D eigenvalue weighted by molar-refractivity contribution is 7.15. The molecule has 1 heterocycles. The van der Waals surface area contributed by atoms with Crippen molar-refractivity contribution in [3.05, 3.63) is 27.1 Å². The molecule has 6 heteroatoms. The molecular formula is C14H23N3O2S. The lowest BCUT2D eigenvalue weighted by atomic mass is 9.90. The molecule has 1 aromatic rings. The molecule has 0 atom stereocenters. The SMILES string of the molecule is CCCN(Cc1ccc([N+](=O)[O-])s1)C1CCC(N)CC1. The Morgan fingerprint density at radius 3 is 2.65 bits per heavy atom. The van der Waals surface area contributed by atoms with Crippen LogP contribution in [-0.2, 0) is 6.54 Å². The molecule has 0 saturated heterocycles. The van der Waals surface area contributed by atoms with E-state index >= 15 is 0 Å². The van der Waals surface area contributed by atoms with Crippen molar-refractivity contribution in [3.8, 4) is 0 Å². The summed E-state index contributed by atoms with van der Waals surface area (Å²) >= 11 is 1.29. The molecule has 1 aliphatic rings. The second-order valence-electron chi connectivity index (χ2n) is 5.54. The van der Waals surface area contributed by atoms with Gasteiger partial charge in [0, 0.05) is 29.6 Å². The van der Waals surface area contributed by atoms with Crippen molar-refractivity contribution in [2.45, 2.75) is 57.7 Å². The van der Waals surface area contributed by atoms with Crippen molar-refractivity contribution in [1.82, 2.24) is 4.90 Å². The maximum atomic E-state index is 10.8. The lowest BCUT2D eigenvalue weighted by Crippen LogP contribution is -2.40. The van der Waals surface area contributed by atoms with Crippen LogP contribution in [0, 0.1) is 10.1 Å². The molecule has 0 radical (unpaired) electrons. The van der Waals surface area contributed by atoms with Crippen LogP contribution in [0.2, 0.25) is 0 Å². The molecule has 0 aliphatic heterocycles. The van der Waals surface area contributed by atoms with Crippen LogP contribution in [0.25, 0.3) is 0 Å². The Labute approximate surface area is 123 Å². The molecule has 112 valence electrons. The number of nitro groups is 1. The Bertz CT molecular complexity index is 441. The maximum Gasteiger partial charge on any atom is 0.324 e. The highest BCUT2D eigenvalue weighted by atomic mass is 32.1. The third-order valence-electron chi connectivity index (χ3n) is 3.95. The van der Waals surface area contributed by atoms with E-state index in [1.165, 1.54) is 11.3 Å². The monoisotopic (exact) mass is 297 g/mol. The molecule has 1 aromatic heterocycles. The third-order valence-corrected chi connectivity index (χ3v) is 4.98. The topological polar surface area (TPSA) is 72.4 Å². The van der Waals surface area contributed by atoms with E-state index in [1.807, 2.05) is 6.07 Å². The molecule has 0 amide bonds. The van der Waals surface area contributed by atoms with Crippen molar-refractivity contribution in [2.75, 3.05) is 6.54 Å². The molecule has 2 rings (SSSR count). The Kier molecular flexibility index (Phi) is 5.51. The third kappa shape index (κ3) is 4.01. The van der Waals surface area contributed by atoms with Gasteiger partial charge in [0.1, 0.15) is 0 Å². The van der Waals surface area contributed by atoms with E-state index in [4.69, 9.17) is 5.73 Å². The van der Waals surface area contributed by atoms with Gasteiger partial charge in [0.2, 0.25) is 0 Å². The van der Waals surface area contributed by atoms with Gasteiger partial charge in [-0.25, -0.2) is 0 Å². The minimum Gasteiger partial charge on any atom is -0.328 e. The van der Waals surface area contributed by atoms with Crippen LogP contribution in [0.3, 0.4) is 0 Å².